The Balaban J connectivity index is 2.40. The minimum absolute atomic E-state index is 0.0675. The van der Waals surface area contributed by atoms with Gasteiger partial charge in [-0.3, -0.25) is 0 Å². The van der Waals surface area contributed by atoms with E-state index < -0.39 is 11.9 Å². The number of hydrogen-bond donors (Lipinski definition) is 2. The van der Waals surface area contributed by atoms with E-state index in [1.165, 1.54) is 12.1 Å². The van der Waals surface area contributed by atoms with Crippen molar-refractivity contribution in [3.05, 3.63) is 23.5 Å². The maximum Gasteiger partial charge on any atom is 0.231 e. The zero-order chi connectivity index (χ0) is 10.8. The summed E-state index contributed by atoms with van der Waals surface area (Å²) in [6.07, 6.45) is -0.938. The highest BCUT2D eigenvalue weighted by molar-refractivity contribution is 5.49. The number of ether oxygens (including phenoxy) is 2. The summed E-state index contributed by atoms with van der Waals surface area (Å²) in [6, 6.07) is 2.76. The maximum absolute atomic E-state index is 13.5. The third kappa shape index (κ3) is 1.75. The first-order valence-electron chi connectivity index (χ1n) is 4.64. The lowest BCUT2D eigenvalue weighted by Gasteiger charge is -2.13. The topological polar surface area (TPSA) is 50.7 Å². The van der Waals surface area contributed by atoms with E-state index in [1.807, 2.05) is 0 Å². The fourth-order valence-electron chi connectivity index (χ4n) is 1.58. The van der Waals surface area contributed by atoms with Gasteiger partial charge in [-0.2, -0.15) is 0 Å². The van der Waals surface area contributed by atoms with E-state index in [2.05, 4.69) is 5.32 Å². The van der Waals surface area contributed by atoms with Gasteiger partial charge in [-0.25, -0.2) is 4.39 Å². The van der Waals surface area contributed by atoms with Gasteiger partial charge in [0.25, 0.3) is 0 Å². The molecule has 0 saturated carbocycles. The quantitative estimate of drug-likeness (QED) is 0.780. The second-order valence-corrected chi connectivity index (χ2v) is 3.27. The van der Waals surface area contributed by atoms with Crippen LogP contribution >= 0.6 is 0 Å². The predicted molar refractivity (Wildman–Crippen MR) is 51.4 cm³/mol. The fraction of sp³-hybridized carbons (Fsp3) is 0.400. The monoisotopic (exact) mass is 213 g/mol. The minimum atomic E-state index is -0.938. The van der Waals surface area contributed by atoms with Gasteiger partial charge in [-0.15, -0.1) is 0 Å². The molecular formula is C10H12FNO3. The zero-order valence-corrected chi connectivity index (χ0v) is 8.29. The molecule has 1 heterocycles. The minimum Gasteiger partial charge on any atom is -0.454 e. The van der Waals surface area contributed by atoms with Gasteiger partial charge in [0.15, 0.2) is 11.5 Å². The largest absolute Gasteiger partial charge is 0.454 e. The number of hydrogen-bond acceptors (Lipinski definition) is 4. The second-order valence-electron chi connectivity index (χ2n) is 3.27. The van der Waals surface area contributed by atoms with Crippen LogP contribution in [-0.2, 0) is 0 Å². The molecule has 1 aromatic rings. The summed E-state index contributed by atoms with van der Waals surface area (Å²) in [5, 5.41) is 12.5. The van der Waals surface area contributed by atoms with Crippen LogP contribution in [0, 0.1) is 5.82 Å². The highest BCUT2D eigenvalue weighted by Gasteiger charge is 2.25. The Morgan fingerprint density at radius 3 is 3.07 bits per heavy atom. The molecule has 2 N–H and O–H groups in total. The van der Waals surface area contributed by atoms with Crippen molar-refractivity contribution in [2.75, 3.05) is 20.4 Å². The molecule has 15 heavy (non-hydrogen) atoms. The van der Waals surface area contributed by atoms with Crippen molar-refractivity contribution < 1.29 is 19.0 Å². The number of aliphatic hydroxyl groups is 1. The van der Waals surface area contributed by atoms with Gasteiger partial charge in [0.05, 0.1) is 11.7 Å². The second kappa shape index (κ2) is 4.04. The summed E-state index contributed by atoms with van der Waals surface area (Å²) in [5.41, 5.74) is 0.152. The summed E-state index contributed by atoms with van der Waals surface area (Å²) in [5.74, 6) is 0.293. The molecule has 0 aliphatic carbocycles. The number of halogens is 1. The first-order chi connectivity index (χ1) is 7.24. The van der Waals surface area contributed by atoms with Crippen LogP contribution in [0.25, 0.3) is 0 Å². The van der Waals surface area contributed by atoms with Crippen LogP contribution in [0.1, 0.15) is 11.7 Å². The average Bonchev–Trinajstić information content (AvgIpc) is 2.65. The lowest BCUT2D eigenvalue weighted by atomic mass is 10.1. The Bertz CT molecular complexity index is 370. The number of rotatable bonds is 3. The molecule has 0 fully saturated rings. The van der Waals surface area contributed by atoms with E-state index in [1.54, 1.807) is 7.05 Å². The zero-order valence-electron chi connectivity index (χ0n) is 8.29. The molecule has 1 aromatic carbocycles. The van der Waals surface area contributed by atoms with Crippen LogP contribution in [0.5, 0.6) is 11.5 Å². The summed E-state index contributed by atoms with van der Waals surface area (Å²) >= 11 is 0. The summed E-state index contributed by atoms with van der Waals surface area (Å²) in [6.45, 7) is 0.328. The van der Waals surface area contributed by atoms with Crippen molar-refractivity contribution in [1.82, 2.24) is 5.32 Å². The Morgan fingerprint density at radius 2 is 2.33 bits per heavy atom. The van der Waals surface area contributed by atoms with Gasteiger partial charge in [-0.1, -0.05) is 0 Å². The molecule has 0 spiro atoms. The van der Waals surface area contributed by atoms with E-state index in [-0.39, 0.29) is 18.9 Å². The molecule has 0 saturated heterocycles. The third-order valence-corrected chi connectivity index (χ3v) is 2.26. The highest BCUT2D eigenvalue weighted by atomic mass is 19.1. The van der Waals surface area contributed by atoms with Crippen molar-refractivity contribution in [2.45, 2.75) is 6.10 Å². The van der Waals surface area contributed by atoms with Crippen molar-refractivity contribution in [3.8, 4) is 11.5 Å². The van der Waals surface area contributed by atoms with Gasteiger partial charge in [0, 0.05) is 6.54 Å². The molecule has 1 aliphatic rings. The molecule has 1 atom stereocenters. The molecule has 2 rings (SSSR count). The smallest absolute Gasteiger partial charge is 0.231 e. The molecule has 1 unspecified atom stereocenters. The lowest BCUT2D eigenvalue weighted by Crippen LogP contribution is -2.18. The number of likely N-dealkylation sites (N-methyl/N-ethyl adjacent to an activating group) is 1. The number of benzene rings is 1. The van der Waals surface area contributed by atoms with Crippen LogP contribution in [0.3, 0.4) is 0 Å². The molecule has 0 amide bonds. The van der Waals surface area contributed by atoms with E-state index in [0.29, 0.717) is 11.5 Å². The molecular weight excluding hydrogens is 201 g/mol. The van der Waals surface area contributed by atoms with E-state index >= 15 is 0 Å². The fourth-order valence-corrected chi connectivity index (χ4v) is 1.58. The molecule has 1 aliphatic heterocycles. The molecule has 0 bridgehead atoms. The number of nitrogens with one attached hydrogen (secondary N) is 1. The van der Waals surface area contributed by atoms with Crippen molar-refractivity contribution in [3.63, 3.8) is 0 Å². The van der Waals surface area contributed by atoms with Crippen molar-refractivity contribution in [2.24, 2.45) is 0 Å². The highest BCUT2D eigenvalue weighted by Crippen LogP contribution is 2.39. The van der Waals surface area contributed by atoms with Gasteiger partial charge in [0.1, 0.15) is 5.82 Å². The van der Waals surface area contributed by atoms with Gasteiger partial charge in [0.2, 0.25) is 6.79 Å². The van der Waals surface area contributed by atoms with Crippen molar-refractivity contribution >= 4 is 0 Å². The summed E-state index contributed by atoms with van der Waals surface area (Å²) < 4.78 is 23.7. The molecule has 4 nitrogen and oxygen atoms in total. The van der Waals surface area contributed by atoms with Crippen LogP contribution in [-0.4, -0.2) is 25.5 Å². The predicted octanol–water partition coefficient (Wildman–Crippen LogP) is 0.807. The molecule has 0 aromatic heterocycles. The normalized spacial score (nSPS) is 15.4. The van der Waals surface area contributed by atoms with Crippen LogP contribution in [0.2, 0.25) is 0 Å². The Kier molecular flexibility index (Phi) is 2.75. The SMILES string of the molecule is CNCC(O)c1c(F)ccc2c1OCO2. The first kappa shape index (κ1) is 10.2. The van der Waals surface area contributed by atoms with Crippen LogP contribution < -0.4 is 14.8 Å². The van der Waals surface area contributed by atoms with Gasteiger partial charge >= 0.3 is 0 Å². The van der Waals surface area contributed by atoms with E-state index in [4.69, 9.17) is 9.47 Å². The lowest BCUT2D eigenvalue weighted by molar-refractivity contribution is 0.154. The standard InChI is InChI=1S/C10H12FNO3/c1-12-4-7(13)9-6(11)2-3-8-10(9)15-5-14-8/h2-3,7,12-13H,4-5H2,1H3. The van der Waals surface area contributed by atoms with Gasteiger partial charge in [-0.05, 0) is 19.2 Å². The number of fused-ring (bicyclic) bond motifs is 1. The van der Waals surface area contributed by atoms with E-state index in [9.17, 15) is 9.50 Å². The average molecular weight is 213 g/mol. The Labute approximate surface area is 86.6 Å². The van der Waals surface area contributed by atoms with Gasteiger partial charge < -0.3 is 19.9 Å². The summed E-state index contributed by atoms with van der Waals surface area (Å²) in [4.78, 5) is 0. The Morgan fingerprint density at radius 1 is 1.53 bits per heavy atom. The van der Waals surface area contributed by atoms with Crippen molar-refractivity contribution in [1.29, 1.82) is 0 Å². The third-order valence-electron chi connectivity index (χ3n) is 2.26. The van der Waals surface area contributed by atoms with Crippen LogP contribution in [0.4, 0.5) is 4.39 Å². The molecule has 5 heteroatoms. The Hall–Kier alpha value is -1.33. The summed E-state index contributed by atoms with van der Waals surface area (Å²) in [7, 11) is 1.68. The molecule has 0 radical (unpaired) electrons. The van der Waals surface area contributed by atoms with Crippen LogP contribution in [0.15, 0.2) is 12.1 Å². The van der Waals surface area contributed by atoms with E-state index in [0.717, 1.165) is 0 Å². The first-order valence-corrected chi connectivity index (χ1v) is 4.64. The molecule has 82 valence electrons. The maximum atomic E-state index is 13.5. The number of aliphatic hydroxyl groups excluding tert-OH is 1.